The SMILES string of the molecule is CN(C=O)CC[C@@H](O)C#Cc1ccc2c(c1)-c1nc(C(N)=O)cn1C1CC2C1. The van der Waals surface area contributed by atoms with E-state index in [2.05, 4.69) is 27.5 Å². The molecule has 2 aliphatic heterocycles. The topological polar surface area (TPSA) is 101 Å². The lowest BCUT2D eigenvalue weighted by atomic mass is 9.75. The number of carbonyl (C=O) groups is 2. The molecule has 2 bridgehead atoms. The number of primary amides is 1. The average molecular weight is 378 g/mol. The normalized spacial score (nSPS) is 19.8. The third kappa shape index (κ3) is 3.27. The van der Waals surface area contributed by atoms with Crippen LogP contribution in [-0.2, 0) is 4.79 Å². The van der Waals surface area contributed by atoms with Crippen LogP contribution in [0.3, 0.4) is 0 Å². The van der Waals surface area contributed by atoms with Gasteiger partial charge >= 0.3 is 0 Å². The molecule has 5 rings (SSSR count). The Morgan fingerprint density at radius 3 is 3.00 bits per heavy atom. The molecule has 0 unspecified atom stereocenters. The van der Waals surface area contributed by atoms with Gasteiger partial charge in [-0.25, -0.2) is 4.98 Å². The number of imidazole rings is 1. The van der Waals surface area contributed by atoms with E-state index in [1.165, 1.54) is 10.5 Å². The second kappa shape index (κ2) is 7.13. The standard InChI is InChI=1S/C21H22N4O3/c1-24(12-26)7-6-16(27)4-2-13-3-5-17-14-9-15(10-14)25-11-19(20(22)28)23-21(25)18(17)8-13/h3,5,8,11-12,14-16,27H,6-7,9-10H2,1H3,(H2,22,28)/t14?,15?,16-/m0/s1. The Hall–Kier alpha value is -3.11. The molecule has 2 aromatic rings. The highest BCUT2D eigenvalue weighted by molar-refractivity contribution is 5.91. The predicted molar refractivity (Wildman–Crippen MR) is 103 cm³/mol. The molecule has 7 nitrogen and oxygen atoms in total. The molecule has 3 N–H and O–H groups in total. The van der Waals surface area contributed by atoms with Crippen LogP contribution in [0, 0.1) is 11.8 Å². The summed E-state index contributed by atoms with van der Waals surface area (Å²) in [5, 5.41) is 10.0. The zero-order valence-electron chi connectivity index (χ0n) is 15.6. The molecule has 1 aliphatic carbocycles. The van der Waals surface area contributed by atoms with Crippen molar-refractivity contribution in [3.8, 4) is 23.2 Å². The van der Waals surface area contributed by atoms with Crippen molar-refractivity contribution in [3.63, 3.8) is 0 Å². The maximum absolute atomic E-state index is 11.6. The molecule has 1 aromatic carbocycles. The second-order valence-electron chi connectivity index (χ2n) is 7.51. The van der Waals surface area contributed by atoms with Gasteiger partial charge in [0.25, 0.3) is 5.91 Å². The minimum absolute atomic E-state index is 0.275. The fourth-order valence-corrected chi connectivity index (χ4v) is 3.86. The van der Waals surface area contributed by atoms with Gasteiger partial charge in [-0.15, -0.1) is 0 Å². The summed E-state index contributed by atoms with van der Waals surface area (Å²) in [6.45, 7) is 0.444. The van der Waals surface area contributed by atoms with Crippen LogP contribution in [0.2, 0.25) is 0 Å². The zero-order chi connectivity index (χ0) is 19.8. The number of carbonyl (C=O) groups excluding carboxylic acids is 2. The maximum atomic E-state index is 11.6. The van der Waals surface area contributed by atoms with Gasteiger partial charge in [-0.05, 0) is 36.5 Å². The van der Waals surface area contributed by atoms with E-state index in [0.717, 1.165) is 36.2 Å². The number of rotatable bonds is 5. The largest absolute Gasteiger partial charge is 0.380 e. The van der Waals surface area contributed by atoms with Crippen molar-refractivity contribution in [1.29, 1.82) is 0 Å². The van der Waals surface area contributed by atoms with E-state index in [4.69, 9.17) is 5.73 Å². The summed E-state index contributed by atoms with van der Waals surface area (Å²) >= 11 is 0. The van der Waals surface area contributed by atoms with Crippen LogP contribution in [0.15, 0.2) is 24.4 Å². The molecular weight excluding hydrogens is 356 g/mol. The van der Waals surface area contributed by atoms with Crippen LogP contribution in [0.5, 0.6) is 0 Å². The maximum Gasteiger partial charge on any atom is 0.268 e. The number of hydrogen-bond acceptors (Lipinski definition) is 4. The molecule has 1 aromatic heterocycles. The molecule has 0 radical (unpaired) electrons. The number of benzene rings is 1. The Morgan fingerprint density at radius 2 is 2.29 bits per heavy atom. The number of nitrogens with zero attached hydrogens (tertiary/aromatic N) is 3. The van der Waals surface area contributed by atoms with Crippen molar-refractivity contribution in [2.75, 3.05) is 13.6 Å². The molecule has 144 valence electrons. The molecular formula is C21H22N4O3. The summed E-state index contributed by atoms with van der Waals surface area (Å²) in [4.78, 5) is 28.1. The lowest BCUT2D eigenvalue weighted by Gasteiger charge is -2.34. The van der Waals surface area contributed by atoms with E-state index >= 15 is 0 Å². The summed E-state index contributed by atoms with van der Waals surface area (Å²) in [6.07, 6.45) is 4.12. The number of amides is 2. The third-order valence-electron chi connectivity index (χ3n) is 5.54. The van der Waals surface area contributed by atoms with Crippen LogP contribution < -0.4 is 5.73 Å². The molecule has 2 amide bonds. The van der Waals surface area contributed by atoms with E-state index in [-0.39, 0.29) is 5.69 Å². The highest BCUT2D eigenvalue weighted by Crippen LogP contribution is 2.51. The van der Waals surface area contributed by atoms with E-state index in [1.807, 2.05) is 12.1 Å². The average Bonchev–Trinajstić information content (AvgIpc) is 2.99. The van der Waals surface area contributed by atoms with Crippen LogP contribution in [-0.4, -0.2) is 51.6 Å². The summed E-state index contributed by atoms with van der Waals surface area (Å²) in [6, 6.07) is 6.34. The molecule has 1 atom stereocenters. The molecule has 0 saturated heterocycles. The minimum Gasteiger partial charge on any atom is -0.380 e. The van der Waals surface area contributed by atoms with Gasteiger partial charge in [-0.2, -0.15) is 0 Å². The molecule has 1 saturated carbocycles. The van der Waals surface area contributed by atoms with Gasteiger partial charge in [0, 0.05) is 43.4 Å². The van der Waals surface area contributed by atoms with Gasteiger partial charge in [-0.3, -0.25) is 9.59 Å². The van der Waals surface area contributed by atoms with Crippen LogP contribution in [0.1, 0.15) is 52.8 Å². The smallest absolute Gasteiger partial charge is 0.268 e. The Bertz CT molecular complexity index is 995. The van der Waals surface area contributed by atoms with E-state index in [0.29, 0.717) is 24.9 Å². The first kappa shape index (κ1) is 18.3. The number of aromatic nitrogens is 2. The van der Waals surface area contributed by atoms with Crippen LogP contribution >= 0.6 is 0 Å². The Balaban J connectivity index is 1.63. The summed E-state index contributed by atoms with van der Waals surface area (Å²) < 4.78 is 2.06. The molecule has 3 aliphatic rings. The zero-order valence-corrected chi connectivity index (χ0v) is 15.6. The fraction of sp³-hybridized carbons (Fsp3) is 0.381. The summed E-state index contributed by atoms with van der Waals surface area (Å²) in [7, 11) is 1.66. The van der Waals surface area contributed by atoms with Gasteiger partial charge in [0.05, 0.1) is 0 Å². The first-order valence-electron chi connectivity index (χ1n) is 9.34. The first-order chi connectivity index (χ1) is 13.5. The van der Waals surface area contributed by atoms with Crippen molar-refractivity contribution in [3.05, 3.63) is 41.2 Å². The molecule has 7 heteroatoms. The Kier molecular flexibility index (Phi) is 4.65. The highest BCUT2D eigenvalue weighted by atomic mass is 16.3. The van der Waals surface area contributed by atoms with Crippen LogP contribution in [0.25, 0.3) is 11.4 Å². The Morgan fingerprint density at radius 1 is 1.50 bits per heavy atom. The third-order valence-corrected chi connectivity index (χ3v) is 5.54. The van der Waals surface area contributed by atoms with E-state index in [1.54, 1.807) is 13.2 Å². The lowest BCUT2D eigenvalue weighted by Crippen LogP contribution is -2.22. The molecule has 3 heterocycles. The van der Waals surface area contributed by atoms with Crippen molar-refractivity contribution in [2.24, 2.45) is 5.73 Å². The molecule has 28 heavy (non-hydrogen) atoms. The van der Waals surface area contributed by atoms with Gasteiger partial charge in [0.2, 0.25) is 6.41 Å². The highest BCUT2D eigenvalue weighted by Gasteiger charge is 2.38. The predicted octanol–water partition coefficient (Wildman–Crippen LogP) is 1.27. The van der Waals surface area contributed by atoms with Gasteiger partial charge in [0.15, 0.2) is 0 Å². The second-order valence-corrected chi connectivity index (χ2v) is 7.51. The van der Waals surface area contributed by atoms with Crippen molar-refractivity contribution in [2.45, 2.75) is 37.3 Å². The summed E-state index contributed by atoms with van der Waals surface area (Å²) in [5.41, 5.74) is 8.66. The van der Waals surface area contributed by atoms with Gasteiger partial charge in [-0.1, -0.05) is 17.9 Å². The van der Waals surface area contributed by atoms with Crippen molar-refractivity contribution >= 4 is 12.3 Å². The molecule has 0 spiro atoms. The van der Waals surface area contributed by atoms with Crippen molar-refractivity contribution < 1.29 is 14.7 Å². The number of hydrogen-bond donors (Lipinski definition) is 2. The van der Waals surface area contributed by atoms with Crippen molar-refractivity contribution in [1.82, 2.24) is 14.5 Å². The lowest BCUT2D eigenvalue weighted by molar-refractivity contribution is -0.117. The quantitative estimate of drug-likeness (QED) is 0.604. The minimum atomic E-state index is -0.808. The van der Waals surface area contributed by atoms with Gasteiger partial charge < -0.3 is 20.3 Å². The number of aliphatic hydroxyl groups is 1. The summed E-state index contributed by atoms with van der Waals surface area (Å²) in [5.74, 6) is 6.56. The molecule has 1 fully saturated rings. The number of aliphatic hydroxyl groups excluding tert-OH is 1. The van der Waals surface area contributed by atoms with Crippen LogP contribution in [0.4, 0.5) is 0 Å². The first-order valence-corrected chi connectivity index (χ1v) is 9.34. The number of nitrogens with two attached hydrogens (primary N) is 1. The monoisotopic (exact) mass is 378 g/mol. The Labute approximate surface area is 163 Å². The van der Waals surface area contributed by atoms with Gasteiger partial charge in [0.1, 0.15) is 17.6 Å². The van der Waals surface area contributed by atoms with E-state index in [9.17, 15) is 14.7 Å². The fourth-order valence-electron chi connectivity index (χ4n) is 3.86. The van der Waals surface area contributed by atoms with E-state index < -0.39 is 12.0 Å².